The van der Waals surface area contributed by atoms with Crippen molar-refractivity contribution in [2.75, 3.05) is 0 Å². The molecule has 1 N–H and O–H groups in total. The lowest BCUT2D eigenvalue weighted by molar-refractivity contribution is 0.454. The molecule has 0 aliphatic carbocycles. The number of hydrogen-bond acceptors (Lipinski definition) is 2. The highest BCUT2D eigenvalue weighted by atomic mass is 79.9. The molecule has 0 aliphatic rings. The van der Waals surface area contributed by atoms with Gasteiger partial charge in [0.2, 0.25) is 5.88 Å². The maximum atomic E-state index is 9.40. The smallest absolute Gasteiger partial charge is 0.211 e. The predicted molar refractivity (Wildman–Crippen MR) is 65.2 cm³/mol. The fourth-order valence-electron chi connectivity index (χ4n) is 1.72. The normalized spacial score (nSPS) is 11.2. The number of benzene rings is 1. The molecule has 1 aromatic heterocycles. The maximum Gasteiger partial charge on any atom is 0.211 e. The van der Waals surface area contributed by atoms with E-state index in [2.05, 4.69) is 40.8 Å². The van der Waals surface area contributed by atoms with Crippen molar-refractivity contribution in [1.82, 2.24) is 4.98 Å². The Bertz CT molecular complexity index is 508. The molecule has 0 amide bonds. The van der Waals surface area contributed by atoms with Crippen LogP contribution in [0.5, 0.6) is 5.88 Å². The van der Waals surface area contributed by atoms with E-state index in [-0.39, 0.29) is 5.88 Å². The van der Waals surface area contributed by atoms with Crippen LogP contribution in [-0.2, 0) is 0 Å². The number of aromatic hydroxyl groups is 1. The topological polar surface area (TPSA) is 33.1 Å². The van der Waals surface area contributed by atoms with Crippen LogP contribution in [0.2, 0.25) is 0 Å². The van der Waals surface area contributed by atoms with Crippen molar-refractivity contribution < 1.29 is 5.11 Å². The van der Waals surface area contributed by atoms with E-state index in [0.29, 0.717) is 5.92 Å². The fraction of sp³-hybridized carbons (Fsp3) is 0.250. The molecular weight excluding hydrogens is 254 g/mol. The van der Waals surface area contributed by atoms with Crippen LogP contribution in [0.4, 0.5) is 0 Å². The van der Waals surface area contributed by atoms with Gasteiger partial charge < -0.3 is 5.11 Å². The molecular formula is C12H12BrNO. The first-order valence-corrected chi connectivity index (χ1v) is 5.66. The summed E-state index contributed by atoms with van der Waals surface area (Å²) in [6.45, 7) is 4.28. The van der Waals surface area contributed by atoms with Crippen molar-refractivity contribution in [3.63, 3.8) is 0 Å². The van der Waals surface area contributed by atoms with Crippen LogP contribution >= 0.6 is 15.9 Å². The molecule has 0 saturated heterocycles. The molecule has 0 unspecified atom stereocenters. The lowest BCUT2D eigenvalue weighted by Gasteiger charge is -2.10. The molecule has 0 spiro atoms. The summed E-state index contributed by atoms with van der Waals surface area (Å²) in [5.41, 5.74) is 1.23. The van der Waals surface area contributed by atoms with E-state index in [1.165, 1.54) is 5.56 Å². The zero-order valence-electron chi connectivity index (χ0n) is 8.66. The highest BCUT2D eigenvalue weighted by Gasteiger charge is 2.08. The molecule has 0 bridgehead atoms. The largest absolute Gasteiger partial charge is 0.493 e. The second kappa shape index (κ2) is 3.81. The summed E-state index contributed by atoms with van der Waals surface area (Å²) in [5.74, 6) is 0.505. The van der Waals surface area contributed by atoms with Crippen LogP contribution in [0, 0.1) is 0 Å². The van der Waals surface area contributed by atoms with Crippen LogP contribution in [0.3, 0.4) is 0 Å². The lowest BCUT2D eigenvalue weighted by atomic mass is 9.97. The number of rotatable bonds is 1. The van der Waals surface area contributed by atoms with Crippen molar-refractivity contribution >= 4 is 26.7 Å². The minimum Gasteiger partial charge on any atom is -0.493 e. The first kappa shape index (κ1) is 10.4. The summed E-state index contributed by atoms with van der Waals surface area (Å²) in [6, 6.07) is 5.82. The number of aromatic nitrogens is 1. The Morgan fingerprint density at radius 1 is 1.27 bits per heavy atom. The van der Waals surface area contributed by atoms with Gasteiger partial charge in [-0.05, 0) is 22.9 Å². The number of nitrogens with zero attached hydrogens (tertiary/aromatic N) is 1. The summed E-state index contributed by atoms with van der Waals surface area (Å²) in [5, 5.41) is 11.5. The van der Waals surface area contributed by atoms with Gasteiger partial charge in [0.25, 0.3) is 0 Å². The van der Waals surface area contributed by atoms with Crippen LogP contribution in [0.1, 0.15) is 25.3 Å². The molecule has 0 fully saturated rings. The van der Waals surface area contributed by atoms with Gasteiger partial charge in [-0.3, -0.25) is 0 Å². The molecule has 1 aromatic carbocycles. The Kier molecular flexibility index (Phi) is 2.65. The molecule has 2 nitrogen and oxygen atoms in total. The van der Waals surface area contributed by atoms with Crippen LogP contribution in [0.25, 0.3) is 10.8 Å². The summed E-state index contributed by atoms with van der Waals surface area (Å²) in [7, 11) is 0. The molecule has 0 atom stereocenters. The quantitative estimate of drug-likeness (QED) is 0.851. The maximum absolute atomic E-state index is 9.40. The summed E-state index contributed by atoms with van der Waals surface area (Å²) >= 11 is 3.48. The number of hydrogen-bond donors (Lipinski definition) is 1. The SMILES string of the molecule is CC(C)c1ccc(Br)c2cnc(O)cc12. The van der Waals surface area contributed by atoms with Gasteiger partial charge in [0, 0.05) is 22.1 Å². The highest BCUT2D eigenvalue weighted by molar-refractivity contribution is 9.10. The van der Waals surface area contributed by atoms with Gasteiger partial charge in [0.15, 0.2) is 0 Å². The molecule has 15 heavy (non-hydrogen) atoms. The zero-order chi connectivity index (χ0) is 11.0. The third kappa shape index (κ3) is 1.84. The van der Waals surface area contributed by atoms with Gasteiger partial charge in [-0.1, -0.05) is 35.8 Å². The number of fused-ring (bicyclic) bond motifs is 1. The van der Waals surface area contributed by atoms with Gasteiger partial charge in [-0.15, -0.1) is 0 Å². The number of halogens is 1. The second-order valence-electron chi connectivity index (χ2n) is 3.88. The minimum atomic E-state index is 0.0718. The molecule has 0 radical (unpaired) electrons. The van der Waals surface area contributed by atoms with Crippen molar-refractivity contribution in [3.8, 4) is 5.88 Å². The highest BCUT2D eigenvalue weighted by Crippen LogP contribution is 2.31. The van der Waals surface area contributed by atoms with E-state index < -0.39 is 0 Å². The van der Waals surface area contributed by atoms with Crippen molar-refractivity contribution in [1.29, 1.82) is 0 Å². The molecule has 1 heterocycles. The lowest BCUT2D eigenvalue weighted by Crippen LogP contribution is -1.90. The average molecular weight is 266 g/mol. The van der Waals surface area contributed by atoms with E-state index in [1.807, 2.05) is 6.07 Å². The Hall–Kier alpha value is -1.09. The van der Waals surface area contributed by atoms with Crippen LogP contribution < -0.4 is 0 Å². The van der Waals surface area contributed by atoms with Crippen LogP contribution in [-0.4, -0.2) is 10.1 Å². The first-order chi connectivity index (χ1) is 7.09. The van der Waals surface area contributed by atoms with Gasteiger partial charge in [-0.2, -0.15) is 0 Å². The number of pyridine rings is 1. The molecule has 2 rings (SSSR count). The standard InChI is InChI=1S/C12H12BrNO/c1-7(2)8-3-4-11(13)10-6-14-12(15)5-9(8)10/h3-7H,1-2H3,(H,14,15). The van der Waals surface area contributed by atoms with E-state index in [1.54, 1.807) is 12.3 Å². The molecule has 3 heteroatoms. The predicted octanol–water partition coefficient (Wildman–Crippen LogP) is 3.83. The monoisotopic (exact) mass is 265 g/mol. The minimum absolute atomic E-state index is 0.0718. The molecule has 0 aliphatic heterocycles. The van der Waals surface area contributed by atoms with Crippen LogP contribution in [0.15, 0.2) is 28.9 Å². The Morgan fingerprint density at radius 2 is 2.00 bits per heavy atom. The fourth-order valence-corrected chi connectivity index (χ4v) is 2.17. The van der Waals surface area contributed by atoms with E-state index in [0.717, 1.165) is 15.2 Å². The van der Waals surface area contributed by atoms with Crippen molar-refractivity contribution in [3.05, 3.63) is 34.4 Å². The third-order valence-electron chi connectivity index (χ3n) is 2.49. The van der Waals surface area contributed by atoms with Gasteiger partial charge in [-0.25, -0.2) is 4.98 Å². The van der Waals surface area contributed by atoms with E-state index >= 15 is 0 Å². The second-order valence-corrected chi connectivity index (χ2v) is 4.73. The van der Waals surface area contributed by atoms with Gasteiger partial charge in [0.05, 0.1) is 0 Å². The zero-order valence-corrected chi connectivity index (χ0v) is 10.2. The molecule has 78 valence electrons. The third-order valence-corrected chi connectivity index (χ3v) is 3.18. The van der Waals surface area contributed by atoms with E-state index in [4.69, 9.17) is 0 Å². The molecule has 2 aromatic rings. The Labute approximate surface area is 97.1 Å². The summed E-state index contributed by atoms with van der Waals surface area (Å²) in [4.78, 5) is 3.89. The summed E-state index contributed by atoms with van der Waals surface area (Å²) < 4.78 is 1.01. The average Bonchev–Trinajstić information content (AvgIpc) is 2.17. The van der Waals surface area contributed by atoms with Crippen molar-refractivity contribution in [2.45, 2.75) is 19.8 Å². The van der Waals surface area contributed by atoms with Gasteiger partial charge in [0.1, 0.15) is 0 Å². The first-order valence-electron chi connectivity index (χ1n) is 4.86. The Balaban J connectivity index is 2.84. The van der Waals surface area contributed by atoms with E-state index in [9.17, 15) is 5.11 Å². The summed E-state index contributed by atoms with van der Waals surface area (Å²) in [6.07, 6.45) is 1.70. The molecule has 0 saturated carbocycles. The van der Waals surface area contributed by atoms with Gasteiger partial charge >= 0.3 is 0 Å². The van der Waals surface area contributed by atoms with Crippen molar-refractivity contribution in [2.24, 2.45) is 0 Å². The Morgan fingerprint density at radius 3 is 2.67 bits per heavy atom.